The summed E-state index contributed by atoms with van der Waals surface area (Å²) >= 11 is 0. The number of rotatable bonds is 2. The Bertz CT molecular complexity index is 702. The first-order chi connectivity index (χ1) is 10.7. The molecule has 110 valence electrons. The lowest BCUT2D eigenvalue weighted by Crippen LogP contribution is -2.32. The summed E-state index contributed by atoms with van der Waals surface area (Å²) in [5.41, 5.74) is 2.24. The van der Waals surface area contributed by atoms with Gasteiger partial charge in [0.15, 0.2) is 0 Å². The van der Waals surface area contributed by atoms with Gasteiger partial charge in [0.2, 0.25) is 0 Å². The molecule has 1 atom stereocenters. The Hall–Kier alpha value is -2.81. The SMILES string of the molecule is Cc1ccc(C2C=CC=CN2C(=O)Oc2ccccc2)cc1. The van der Waals surface area contributed by atoms with Crippen molar-refractivity contribution in [1.29, 1.82) is 0 Å². The highest BCUT2D eigenvalue weighted by Gasteiger charge is 2.24. The summed E-state index contributed by atoms with van der Waals surface area (Å²) in [4.78, 5) is 14.0. The van der Waals surface area contributed by atoms with E-state index in [4.69, 9.17) is 4.74 Å². The van der Waals surface area contributed by atoms with E-state index in [1.807, 2.05) is 67.6 Å². The van der Waals surface area contributed by atoms with Gasteiger partial charge in [-0.1, -0.05) is 60.2 Å². The molecule has 3 heteroatoms. The molecule has 0 spiro atoms. The number of carbonyl (C=O) groups excluding carboxylic acids is 1. The molecule has 22 heavy (non-hydrogen) atoms. The molecule has 0 radical (unpaired) electrons. The van der Waals surface area contributed by atoms with Crippen molar-refractivity contribution in [3.63, 3.8) is 0 Å². The molecule has 0 aliphatic carbocycles. The van der Waals surface area contributed by atoms with Gasteiger partial charge >= 0.3 is 6.09 Å². The van der Waals surface area contributed by atoms with Crippen LogP contribution in [0.25, 0.3) is 0 Å². The second kappa shape index (κ2) is 6.31. The highest BCUT2D eigenvalue weighted by molar-refractivity contribution is 5.73. The molecule has 0 saturated carbocycles. The van der Waals surface area contributed by atoms with Crippen LogP contribution in [0.1, 0.15) is 17.2 Å². The lowest BCUT2D eigenvalue weighted by molar-refractivity contribution is 0.161. The Balaban J connectivity index is 1.81. The fourth-order valence-corrected chi connectivity index (χ4v) is 2.35. The molecule has 0 bridgehead atoms. The van der Waals surface area contributed by atoms with E-state index < -0.39 is 6.09 Å². The highest BCUT2D eigenvalue weighted by Crippen LogP contribution is 2.27. The molecule has 3 rings (SSSR count). The first-order valence-corrected chi connectivity index (χ1v) is 7.21. The summed E-state index contributed by atoms with van der Waals surface area (Å²) in [6.45, 7) is 2.04. The van der Waals surface area contributed by atoms with Crippen LogP contribution < -0.4 is 4.74 Å². The number of benzene rings is 2. The Morgan fingerprint density at radius 2 is 1.73 bits per heavy atom. The van der Waals surface area contributed by atoms with Gasteiger partial charge in [-0.05, 0) is 30.7 Å². The van der Waals surface area contributed by atoms with Crippen molar-refractivity contribution in [2.75, 3.05) is 0 Å². The van der Waals surface area contributed by atoms with Gasteiger partial charge in [0.1, 0.15) is 5.75 Å². The molecule has 0 aromatic heterocycles. The molecule has 0 saturated heterocycles. The maximum absolute atomic E-state index is 12.4. The largest absolute Gasteiger partial charge is 0.420 e. The molecule has 3 nitrogen and oxygen atoms in total. The number of allylic oxidation sites excluding steroid dienone is 2. The maximum Gasteiger partial charge on any atom is 0.420 e. The standard InChI is InChI=1S/C19H17NO2/c1-15-10-12-16(13-11-15)18-9-5-6-14-20(18)19(21)22-17-7-3-2-4-8-17/h2-14,18H,1H3. The zero-order chi connectivity index (χ0) is 15.4. The number of aryl methyl sites for hydroxylation is 1. The summed E-state index contributed by atoms with van der Waals surface area (Å²) < 4.78 is 5.43. The van der Waals surface area contributed by atoms with Crippen LogP contribution in [0.5, 0.6) is 5.75 Å². The Morgan fingerprint density at radius 3 is 2.45 bits per heavy atom. The quantitative estimate of drug-likeness (QED) is 0.808. The Kier molecular flexibility index (Phi) is 4.05. The van der Waals surface area contributed by atoms with Gasteiger partial charge in [0.05, 0.1) is 6.04 Å². The van der Waals surface area contributed by atoms with Crippen molar-refractivity contribution in [1.82, 2.24) is 4.90 Å². The average Bonchev–Trinajstić information content (AvgIpc) is 2.56. The molecule has 1 amide bonds. The second-order valence-corrected chi connectivity index (χ2v) is 5.17. The maximum atomic E-state index is 12.4. The second-order valence-electron chi connectivity index (χ2n) is 5.17. The predicted molar refractivity (Wildman–Crippen MR) is 86.5 cm³/mol. The van der Waals surface area contributed by atoms with E-state index in [1.54, 1.807) is 23.2 Å². The minimum atomic E-state index is -0.391. The molecule has 1 aliphatic heterocycles. The van der Waals surface area contributed by atoms with Crippen molar-refractivity contribution in [3.8, 4) is 5.75 Å². The summed E-state index contributed by atoms with van der Waals surface area (Å²) in [6, 6.07) is 17.1. The molecule has 0 N–H and O–H groups in total. The molecule has 1 unspecified atom stereocenters. The summed E-state index contributed by atoms with van der Waals surface area (Å²) in [6.07, 6.45) is 7.11. The number of hydrogen-bond acceptors (Lipinski definition) is 2. The van der Waals surface area contributed by atoms with E-state index in [2.05, 4.69) is 0 Å². The van der Waals surface area contributed by atoms with Crippen molar-refractivity contribution in [3.05, 3.63) is 90.2 Å². The van der Waals surface area contributed by atoms with E-state index in [0.717, 1.165) is 5.56 Å². The summed E-state index contributed by atoms with van der Waals surface area (Å²) in [5.74, 6) is 0.540. The lowest BCUT2D eigenvalue weighted by atomic mass is 10.0. The van der Waals surface area contributed by atoms with Crippen molar-refractivity contribution in [2.24, 2.45) is 0 Å². The van der Waals surface area contributed by atoms with Crippen LogP contribution in [0.15, 0.2) is 79.0 Å². The van der Waals surface area contributed by atoms with Crippen LogP contribution in [-0.4, -0.2) is 11.0 Å². The number of hydrogen-bond donors (Lipinski definition) is 0. The molecular formula is C19H17NO2. The topological polar surface area (TPSA) is 29.5 Å². The van der Waals surface area contributed by atoms with Crippen LogP contribution in [0.2, 0.25) is 0 Å². The summed E-state index contributed by atoms with van der Waals surface area (Å²) in [7, 11) is 0. The van der Waals surface area contributed by atoms with Crippen LogP contribution >= 0.6 is 0 Å². The number of carbonyl (C=O) groups is 1. The van der Waals surface area contributed by atoms with Crippen LogP contribution in [-0.2, 0) is 0 Å². The monoisotopic (exact) mass is 291 g/mol. The Morgan fingerprint density at radius 1 is 1.00 bits per heavy atom. The fourth-order valence-electron chi connectivity index (χ4n) is 2.35. The molecular weight excluding hydrogens is 274 g/mol. The van der Waals surface area contributed by atoms with E-state index in [9.17, 15) is 4.79 Å². The zero-order valence-corrected chi connectivity index (χ0v) is 12.3. The number of nitrogens with zero attached hydrogens (tertiary/aromatic N) is 1. The van der Waals surface area contributed by atoms with Crippen LogP contribution in [0.3, 0.4) is 0 Å². The molecule has 1 heterocycles. The van der Waals surface area contributed by atoms with Crippen molar-refractivity contribution < 1.29 is 9.53 Å². The van der Waals surface area contributed by atoms with Gasteiger partial charge in [-0.2, -0.15) is 0 Å². The van der Waals surface area contributed by atoms with Gasteiger partial charge < -0.3 is 4.74 Å². The third-order valence-corrected chi connectivity index (χ3v) is 3.53. The fraction of sp³-hybridized carbons (Fsp3) is 0.105. The number of ether oxygens (including phenoxy) is 1. The number of amides is 1. The lowest BCUT2D eigenvalue weighted by Gasteiger charge is -2.28. The normalized spacial score (nSPS) is 16.6. The Labute approximate surface area is 130 Å². The summed E-state index contributed by atoms with van der Waals surface area (Å²) in [5, 5.41) is 0. The molecule has 2 aromatic rings. The molecule has 2 aromatic carbocycles. The van der Waals surface area contributed by atoms with Gasteiger partial charge in [0.25, 0.3) is 0 Å². The third kappa shape index (κ3) is 3.09. The van der Waals surface area contributed by atoms with Crippen molar-refractivity contribution >= 4 is 6.09 Å². The van der Waals surface area contributed by atoms with Gasteiger partial charge in [-0.25, -0.2) is 4.79 Å². The van der Waals surface area contributed by atoms with Crippen LogP contribution in [0.4, 0.5) is 4.79 Å². The average molecular weight is 291 g/mol. The minimum Gasteiger partial charge on any atom is -0.410 e. The van der Waals surface area contributed by atoms with Gasteiger partial charge in [-0.3, -0.25) is 4.90 Å². The van der Waals surface area contributed by atoms with E-state index in [-0.39, 0.29) is 6.04 Å². The molecule has 0 fully saturated rings. The third-order valence-electron chi connectivity index (χ3n) is 3.53. The highest BCUT2D eigenvalue weighted by atomic mass is 16.6. The zero-order valence-electron chi connectivity index (χ0n) is 12.3. The molecule has 1 aliphatic rings. The van der Waals surface area contributed by atoms with Gasteiger partial charge in [0, 0.05) is 6.20 Å². The minimum absolute atomic E-state index is 0.151. The van der Waals surface area contributed by atoms with Crippen molar-refractivity contribution in [2.45, 2.75) is 13.0 Å². The predicted octanol–water partition coefficient (Wildman–Crippen LogP) is 4.62. The van der Waals surface area contributed by atoms with Gasteiger partial charge in [-0.15, -0.1) is 0 Å². The number of para-hydroxylation sites is 1. The first-order valence-electron chi connectivity index (χ1n) is 7.21. The van der Waals surface area contributed by atoms with E-state index in [1.165, 1.54) is 5.56 Å². The first kappa shape index (κ1) is 14.1. The van der Waals surface area contributed by atoms with Crippen LogP contribution in [0, 0.1) is 6.92 Å². The van der Waals surface area contributed by atoms with E-state index in [0.29, 0.717) is 5.75 Å². The van der Waals surface area contributed by atoms with E-state index >= 15 is 0 Å². The smallest absolute Gasteiger partial charge is 0.410 e.